The van der Waals surface area contributed by atoms with E-state index < -0.39 is 0 Å². The van der Waals surface area contributed by atoms with E-state index in [0.29, 0.717) is 0 Å². The average Bonchev–Trinajstić information content (AvgIpc) is 3.09. The summed E-state index contributed by atoms with van der Waals surface area (Å²) in [6.45, 7) is 0.890. The highest BCUT2D eigenvalue weighted by Crippen LogP contribution is 2.16. The number of pyridine rings is 1. The minimum absolute atomic E-state index is 0.890. The van der Waals surface area contributed by atoms with Gasteiger partial charge in [0, 0.05) is 48.7 Å². The van der Waals surface area contributed by atoms with Crippen molar-refractivity contribution >= 4 is 11.3 Å². The van der Waals surface area contributed by atoms with Gasteiger partial charge in [-0.05, 0) is 12.1 Å². The van der Waals surface area contributed by atoms with Crippen molar-refractivity contribution in [2.75, 3.05) is 0 Å². The smallest absolute Gasteiger partial charge is 0.139 e. The predicted molar refractivity (Wildman–Crippen MR) is 71.3 cm³/mol. The Bertz CT molecular complexity index is 601. The monoisotopic (exact) mass is 256 g/mol. The van der Waals surface area contributed by atoms with Gasteiger partial charge in [-0.15, -0.1) is 11.3 Å². The van der Waals surface area contributed by atoms with Gasteiger partial charge in [0.25, 0.3) is 0 Å². The van der Waals surface area contributed by atoms with Gasteiger partial charge in [-0.3, -0.25) is 4.98 Å². The van der Waals surface area contributed by atoms with Crippen LogP contribution < -0.4 is 0 Å². The van der Waals surface area contributed by atoms with E-state index >= 15 is 0 Å². The molecule has 0 radical (unpaired) electrons. The molecule has 0 N–H and O–H groups in total. The number of hydrogen-bond donors (Lipinski definition) is 0. The Labute approximate surface area is 109 Å². The number of hydrogen-bond acceptors (Lipinski definition) is 4. The summed E-state index contributed by atoms with van der Waals surface area (Å²) in [5, 5.41) is 2.09. The van der Waals surface area contributed by atoms with Crippen LogP contribution in [0.5, 0.6) is 0 Å². The minimum Gasteiger partial charge on any atom is -0.331 e. The Hall–Kier alpha value is -2.01. The van der Waals surface area contributed by atoms with Crippen LogP contribution in [-0.4, -0.2) is 19.5 Å². The molecule has 90 valence electrons. The predicted octanol–water partition coefficient (Wildman–Crippen LogP) is 2.64. The average molecular weight is 256 g/mol. The summed E-state index contributed by atoms with van der Waals surface area (Å²) in [5.41, 5.74) is 4.09. The lowest BCUT2D eigenvalue weighted by Crippen LogP contribution is -2.02. The zero-order valence-corrected chi connectivity index (χ0v) is 10.5. The molecule has 4 nitrogen and oxygen atoms in total. The summed E-state index contributed by atoms with van der Waals surface area (Å²) in [6.07, 6.45) is 8.33. The first-order chi connectivity index (χ1) is 8.93. The van der Waals surface area contributed by atoms with Gasteiger partial charge in [-0.25, -0.2) is 9.97 Å². The molecule has 3 aromatic rings. The maximum absolute atomic E-state index is 4.40. The highest BCUT2D eigenvalue weighted by atomic mass is 32.1. The maximum Gasteiger partial charge on any atom is 0.139 e. The van der Waals surface area contributed by atoms with E-state index in [0.717, 1.165) is 30.0 Å². The van der Waals surface area contributed by atoms with Crippen molar-refractivity contribution in [3.8, 4) is 11.4 Å². The van der Waals surface area contributed by atoms with Gasteiger partial charge < -0.3 is 4.57 Å². The molecular formula is C13H12N4S. The second kappa shape index (κ2) is 5.10. The van der Waals surface area contributed by atoms with Crippen LogP contribution in [0.2, 0.25) is 0 Å². The van der Waals surface area contributed by atoms with Crippen molar-refractivity contribution in [1.82, 2.24) is 19.5 Å². The highest BCUT2D eigenvalue weighted by Gasteiger charge is 2.05. The van der Waals surface area contributed by atoms with Crippen LogP contribution in [0.3, 0.4) is 0 Å². The molecule has 0 bridgehead atoms. The molecule has 0 spiro atoms. The Morgan fingerprint density at radius 3 is 2.78 bits per heavy atom. The van der Waals surface area contributed by atoms with Crippen LogP contribution in [0.4, 0.5) is 0 Å². The van der Waals surface area contributed by atoms with Crippen molar-refractivity contribution in [2.45, 2.75) is 13.0 Å². The topological polar surface area (TPSA) is 43.6 Å². The molecule has 0 saturated heterocycles. The zero-order valence-electron chi connectivity index (χ0n) is 9.73. The summed E-state index contributed by atoms with van der Waals surface area (Å²) >= 11 is 1.63. The van der Waals surface area contributed by atoms with Crippen LogP contribution in [-0.2, 0) is 13.0 Å². The van der Waals surface area contributed by atoms with E-state index in [1.54, 1.807) is 23.7 Å². The third-order valence-electron chi connectivity index (χ3n) is 2.75. The molecular weight excluding hydrogens is 244 g/mol. The van der Waals surface area contributed by atoms with E-state index in [4.69, 9.17) is 0 Å². The molecule has 5 heteroatoms. The standard InChI is InChI=1S/C13H12N4S/c1-4-14-5-2-11(1)13-15-6-8-17(13)7-3-12-9-18-10-16-12/h1-2,4-6,8-10H,3,7H2. The summed E-state index contributed by atoms with van der Waals surface area (Å²) in [5.74, 6) is 0.979. The Morgan fingerprint density at radius 2 is 2.00 bits per heavy atom. The Kier molecular flexibility index (Phi) is 3.14. The number of nitrogens with zero attached hydrogens (tertiary/aromatic N) is 4. The van der Waals surface area contributed by atoms with E-state index in [1.807, 2.05) is 30.0 Å². The fraction of sp³-hybridized carbons (Fsp3) is 0.154. The molecule has 0 atom stereocenters. The molecule has 0 aliphatic heterocycles. The van der Waals surface area contributed by atoms with E-state index in [9.17, 15) is 0 Å². The Balaban J connectivity index is 1.80. The molecule has 0 unspecified atom stereocenters. The first-order valence-corrected chi connectivity index (χ1v) is 6.66. The van der Waals surface area contributed by atoms with E-state index in [1.165, 1.54) is 0 Å². The number of thiazole rings is 1. The summed E-state index contributed by atoms with van der Waals surface area (Å²) in [7, 11) is 0. The Morgan fingerprint density at radius 1 is 1.11 bits per heavy atom. The number of aryl methyl sites for hydroxylation is 2. The van der Waals surface area contributed by atoms with Crippen LogP contribution in [0.1, 0.15) is 5.69 Å². The van der Waals surface area contributed by atoms with E-state index in [2.05, 4.69) is 24.9 Å². The lowest BCUT2D eigenvalue weighted by Gasteiger charge is -2.06. The molecule has 18 heavy (non-hydrogen) atoms. The van der Waals surface area contributed by atoms with E-state index in [-0.39, 0.29) is 0 Å². The third kappa shape index (κ3) is 2.31. The van der Waals surface area contributed by atoms with Crippen molar-refractivity contribution in [3.05, 3.63) is 53.5 Å². The SMILES string of the molecule is c1cc(-c2nccn2CCc2cscn2)ccn1. The zero-order chi connectivity index (χ0) is 12.2. The summed E-state index contributed by atoms with van der Waals surface area (Å²) < 4.78 is 2.15. The first kappa shape index (κ1) is 11.1. The molecule has 0 aromatic carbocycles. The molecule has 3 rings (SSSR count). The van der Waals surface area contributed by atoms with Crippen molar-refractivity contribution in [1.29, 1.82) is 0 Å². The van der Waals surface area contributed by atoms with Crippen LogP contribution >= 0.6 is 11.3 Å². The number of rotatable bonds is 4. The molecule has 0 aliphatic carbocycles. The van der Waals surface area contributed by atoms with Crippen LogP contribution in [0.25, 0.3) is 11.4 Å². The normalized spacial score (nSPS) is 10.7. The molecule has 0 fully saturated rings. The van der Waals surface area contributed by atoms with Gasteiger partial charge in [0.1, 0.15) is 5.82 Å². The quantitative estimate of drug-likeness (QED) is 0.720. The number of aromatic nitrogens is 4. The van der Waals surface area contributed by atoms with Crippen molar-refractivity contribution in [2.24, 2.45) is 0 Å². The van der Waals surface area contributed by atoms with Crippen molar-refractivity contribution in [3.63, 3.8) is 0 Å². The van der Waals surface area contributed by atoms with Gasteiger partial charge in [0.15, 0.2) is 0 Å². The van der Waals surface area contributed by atoms with Gasteiger partial charge in [-0.1, -0.05) is 0 Å². The number of imidazole rings is 1. The first-order valence-electron chi connectivity index (χ1n) is 5.72. The lowest BCUT2D eigenvalue weighted by molar-refractivity contribution is 0.694. The summed E-state index contributed by atoms with van der Waals surface area (Å²) in [6, 6.07) is 3.95. The van der Waals surface area contributed by atoms with Gasteiger partial charge in [0.05, 0.1) is 11.2 Å². The third-order valence-corrected chi connectivity index (χ3v) is 3.38. The van der Waals surface area contributed by atoms with Gasteiger partial charge >= 0.3 is 0 Å². The molecule has 0 amide bonds. The second-order valence-electron chi connectivity index (χ2n) is 3.91. The lowest BCUT2D eigenvalue weighted by atomic mass is 10.2. The fourth-order valence-electron chi connectivity index (χ4n) is 1.85. The molecule has 0 aliphatic rings. The van der Waals surface area contributed by atoms with Crippen LogP contribution in [0.15, 0.2) is 47.8 Å². The maximum atomic E-state index is 4.40. The molecule has 3 aromatic heterocycles. The largest absolute Gasteiger partial charge is 0.331 e. The summed E-state index contributed by atoms with van der Waals surface area (Å²) in [4.78, 5) is 12.7. The molecule has 0 saturated carbocycles. The van der Waals surface area contributed by atoms with Crippen molar-refractivity contribution < 1.29 is 0 Å². The van der Waals surface area contributed by atoms with Gasteiger partial charge in [-0.2, -0.15) is 0 Å². The van der Waals surface area contributed by atoms with Crippen LogP contribution in [0, 0.1) is 0 Å². The minimum atomic E-state index is 0.890. The molecule has 3 heterocycles. The fourth-order valence-corrected chi connectivity index (χ4v) is 2.44. The highest BCUT2D eigenvalue weighted by molar-refractivity contribution is 7.07. The van der Waals surface area contributed by atoms with Gasteiger partial charge in [0.2, 0.25) is 0 Å². The second-order valence-corrected chi connectivity index (χ2v) is 4.63.